The van der Waals surface area contributed by atoms with Gasteiger partial charge in [0.2, 0.25) is 0 Å². The summed E-state index contributed by atoms with van der Waals surface area (Å²) < 4.78 is 5.16. The van der Waals surface area contributed by atoms with Crippen LogP contribution in [0.2, 0.25) is 0 Å². The molecule has 4 heteroatoms. The van der Waals surface area contributed by atoms with Crippen molar-refractivity contribution in [1.29, 1.82) is 0 Å². The predicted octanol–water partition coefficient (Wildman–Crippen LogP) is 2.38. The molecule has 17 heavy (non-hydrogen) atoms. The Kier molecular flexibility index (Phi) is 3.22. The molecule has 92 valence electrons. The highest BCUT2D eigenvalue weighted by Gasteiger charge is 2.25. The second kappa shape index (κ2) is 4.65. The summed E-state index contributed by atoms with van der Waals surface area (Å²) >= 11 is 0. The first-order valence-corrected chi connectivity index (χ1v) is 5.81. The van der Waals surface area contributed by atoms with Crippen LogP contribution >= 0.6 is 0 Å². The first-order valence-electron chi connectivity index (χ1n) is 5.81. The Balaban J connectivity index is 2.44. The second-order valence-corrected chi connectivity index (χ2v) is 4.37. The Bertz CT molecular complexity index is 431. The van der Waals surface area contributed by atoms with Crippen molar-refractivity contribution in [3.8, 4) is 5.75 Å². The number of aromatic carboxylic acids is 1. The van der Waals surface area contributed by atoms with Crippen molar-refractivity contribution < 1.29 is 14.6 Å². The lowest BCUT2D eigenvalue weighted by molar-refractivity contribution is 0.0697. The van der Waals surface area contributed by atoms with Crippen LogP contribution in [0.5, 0.6) is 5.75 Å². The van der Waals surface area contributed by atoms with E-state index in [9.17, 15) is 9.90 Å². The van der Waals surface area contributed by atoms with Gasteiger partial charge in [0.15, 0.2) is 0 Å². The van der Waals surface area contributed by atoms with Crippen LogP contribution in [0.1, 0.15) is 30.1 Å². The van der Waals surface area contributed by atoms with E-state index < -0.39 is 5.97 Å². The van der Waals surface area contributed by atoms with Crippen molar-refractivity contribution in [2.75, 3.05) is 18.6 Å². The van der Waals surface area contributed by atoms with E-state index in [1.54, 1.807) is 19.2 Å². The number of carboxylic acid groups (broad SMARTS) is 1. The number of ether oxygens (including phenoxy) is 1. The minimum atomic E-state index is -0.887. The Hall–Kier alpha value is -1.71. The molecule has 1 unspecified atom stereocenters. The molecule has 4 nitrogen and oxygen atoms in total. The fourth-order valence-corrected chi connectivity index (χ4v) is 2.35. The molecule has 0 aliphatic carbocycles. The van der Waals surface area contributed by atoms with Crippen LogP contribution in [0.3, 0.4) is 0 Å². The molecule has 0 bridgehead atoms. The molecule has 0 aromatic heterocycles. The van der Waals surface area contributed by atoms with E-state index in [1.165, 1.54) is 0 Å². The quantitative estimate of drug-likeness (QED) is 0.873. The van der Waals surface area contributed by atoms with Gasteiger partial charge >= 0.3 is 5.97 Å². The summed E-state index contributed by atoms with van der Waals surface area (Å²) in [4.78, 5) is 13.4. The normalized spacial score (nSPS) is 19.4. The average Bonchev–Trinajstić information content (AvgIpc) is 2.74. The molecule has 1 aliphatic heterocycles. The number of hydrogen-bond acceptors (Lipinski definition) is 3. The highest BCUT2D eigenvalue weighted by atomic mass is 16.5. The maximum Gasteiger partial charge on any atom is 0.337 e. The van der Waals surface area contributed by atoms with E-state index in [0.29, 0.717) is 17.4 Å². The van der Waals surface area contributed by atoms with Gasteiger partial charge in [-0.3, -0.25) is 0 Å². The van der Waals surface area contributed by atoms with Gasteiger partial charge in [0.1, 0.15) is 5.75 Å². The number of methoxy groups -OCH3 is 1. The predicted molar refractivity (Wildman–Crippen MR) is 66.0 cm³/mol. The zero-order valence-corrected chi connectivity index (χ0v) is 10.1. The molecular formula is C13H17NO3. The highest BCUT2D eigenvalue weighted by Crippen LogP contribution is 2.31. The van der Waals surface area contributed by atoms with Gasteiger partial charge in [-0.25, -0.2) is 4.79 Å². The summed E-state index contributed by atoms with van der Waals surface area (Å²) in [5, 5.41) is 9.21. The van der Waals surface area contributed by atoms with Gasteiger partial charge in [0, 0.05) is 18.7 Å². The molecule has 1 aliphatic rings. The van der Waals surface area contributed by atoms with Crippen LogP contribution in [-0.2, 0) is 0 Å². The van der Waals surface area contributed by atoms with Crippen molar-refractivity contribution in [3.05, 3.63) is 23.8 Å². The van der Waals surface area contributed by atoms with Crippen LogP contribution in [0.15, 0.2) is 18.2 Å². The number of anilines is 1. The topological polar surface area (TPSA) is 49.8 Å². The maximum absolute atomic E-state index is 11.2. The molecule has 0 radical (unpaired) electrons. The lowest BCUT2D eigenvalue weighted by Gasteiger charge is -2.25. The molecular weight excluding hydrogens is 218 g/mol. The zero-order valence-electron chi connectivity index (χ0n) is 10.1. The van der Waals surface area contributed by atoms with E-state index in [-0.39, 0.29) is 0 Å². The smallest absolute Gasteiger partial charge is 0.337 e. The lowest BCUT2D eigenvalue weighted by atomic mass is 10.1. The van der Waals surface area contributed by atoms with Gasteiger partial charge in [0.25, 0.3) is 0 Å². The molecule has 2 rings (SSSR count). The third-order valence-electron chi connectivity index (χ3n) is 3.30. The molecule has 1 atom stereocenters. The van der Waals surface area contributed by atoms with Crippen molar-refractivity contribution >= 4 is 11.7 Å². The largest absolute Gasteiger partial charge is 0.497 e. The van der Waals surface area contributed by atoms with Gasteiger partial charge in [0.05, 0.1) is 18.4 Å². The molecule has 1 N–H and O–H groups in total. The van der Waals surface area contributed by atoms with Crippen molar-refractivity contribution in [3.63, 3.8) is 0 Å². The molecule has 1 saturated heterocycles. The summed E-state index contributed by atoms with van der Waals surface area (Å²) in [6.45, 7) is 3.03. The van der Waals surface area contributed by atoms with E-state index in [1.807, 2.05) is 6.07 Å². The van der Waals surface area contributed by atoms with Crippen LogP contribution in [0.25, 0.3) is 0 Å². The number of hydrogen-bond donors (Lipinski definition) is 1. The molecule has 0 saturated carbocycles. The Morgan fingerprint density at radius 2 is 2.29 bits per heavy atom. The number of benzene rings is 1. The standard InChI is InChI=1S/C13H17NO3/c1-9-4-3-7-14(9)12-8-10(17-2)5-6-11(12)13(15)16/h5-6,8-9H,3-4,7H2,1-2H3,(H,15,16). The molecule has 0 amide bonds. The third kappa shape index (κ3) is 2.20. The number of rotatable bonds is 3. The van der Waals surface area contributed by atoms with Gasteiger partial charge in [-0.1, -0.05) is 0 Å². The van der Waals surface area contributed by atoms with Gasteiger partial charge in [-0.05, 0) is 31.9 Å². The first-order chi connectivity index (χ1) is 8.13. The molecule has 1 fully saturated rings. The molecule has 1 aromatic rings. The number of carbonyl (C=O) groups is 1. The third-order valence-corrected chi connectivity index (χ3v) is 3.30. The van der Waals surface area contributed by atoms with Crippen LogP contribution in [0, 0.1) is 0 Å². The summed E-state index contributed by atoms with van der Waals surface area (Å²) in [6, 6.07) is 5.50. The summed E-state index contributed by atoms with van der Waals surface area (Å²) in [7, 11) is 1.59. The molecule has 0 spiro atoms. The maximum atomic E-state index is 11.2. The Labute approximate surface area is 101 Å². The van der Waals surface area contributed by atoms with Gasteiger partial charge in [-0.15, -0.1) is 0 Å². The van der Waals surface area contributed by atoms with E-state index in [4.69, 9.17) is 4.74 Å². The van der Waals surface area contributed by atoms with Gasteiger partial charge < -0.3 is 14.7 Å². The fraction of sp³-hybridized carbons (Fsp3) is 0.462. The minimum Gasteiger partial charge on any atom is -0.497 e. The molecule has 1 aromatic carbocycles. The van der Waals surface area contributed by atoms with Crippen molar-refractivity contribution in [1.82, 2.24) is 0 Å². The summed E-state index contributed by atoms with van der Waals surface area (Å²) in [5.41, 5.74) is 1.11. The zero-order chi connectivity index (χ0) is 12.4. The lowest BCUT2D eigenvalue weighted by Crippen LogP contribution is -2.28. The highest BCUT2D eigenvalue weighted by molar-refractivity contribution is 5.95. The monoisotopic (exact) mass is 235 g/mol. The number of nitrogens with zero attached hydrogens (tertiary/aromatic N) is 1. The summed E-state index contributed by atoms with van der Waals surface area (Å²) in [6.07, 6.45) is 2.22. The van der Waals surface area contributed by atoms with Crippen molar-refractivity contribution in [2.24, 2.45) is 0 Å². The number of carboxylic acids is 1. The summed E-state index contributed by atoms with van der Waals surface area (Å²) in [5.74, 6) is -0.189. The van der Waals surface area contributed by atoms with E-state index in [0.717, 1.165) is 25.1 Å². The SMILES string of the molecule is COc1ccc(C(=O)O)c(N2CCCC2C)c1. The Morgan fingerprint density at radius 1 is 1.53 bits per heavy atom. The van der Waals surface area contributed by atoms with Crippen LogP contribution in [-0.4, -0.2) is 30.8 Å². The van der Waals surface area contributed by atoms with E-state index >= 15 is 0 Å². The van der Waals surface area contributed by atoms with Crippen LogP contribution < -0.4 is 9.64 Å². The second-order valence-electron chi connectivity index (χ2n) is 4.37. The van der Waals surface area contributed by atoms with Crippen LogP contribution in [0.4, 0.5) is 5.69 Å². The first kappa shape index (κ1) is 11.8. The van der Waals surface area contributed by atoms with Gasteiger partial charge in [-0.2, -0.15) is 0 Å². The molecule has 1 heterocycles. The van der Waals surface area contributed by atoms with Crippen molar-refractivity contribution in [2.45, 2.75) is 25.8 Å². The van der Waals surface area contributed by atoms with E-state index in [2.05, 4.69) is 11.8 Å². The minimum absolute atomic E-state index is 0.347. The fourth-order valence-electron chi connectivity index (χ4n) is 2.35. The Morgan fingerprint density at radius 3 is 2.82 bits per heavy atom. The average molecular weight is 235 g/mol.